The maximum Gasteiger partial charge on any atom is 0.339 e. The van der Waals surface area contributed by atoms with Crippen molar-refractivity contribution in [2.45, 2.75) is 24.7 Å². The number of carbonyl (C=O) groups excluding carboxylic acids is 2. The second kappa shape index (κ2) is 3.30. The molecule has 0 bridgehead atoms. The molecule has 0 aliphatic heterocycles. The summed E-state index contributed by atoms with van der Waals surface area (Å²) in [7, 11) is 0. The van der Waals surface area contributed by atoms with E-state index in [1.807, 2.05) is 0 Å². The summed E-state index contributed by atoms with van der Waals surface area (Å²) in [6.07, 6.45) is 4.41. The normalized spacial score (nSPS) is 17.6. The average Bonchev–Trinajstić information content (AvgIpc) is 2.86. The molecule has 0 radical (unpaired) electrons. The molecule has 2 aromatic rings. The predicted octanol–water partition coefficient (Wildman–Crippen LogP) is 0.756. The molecule has 4 N–H and O–H groups in total. The zero-order valence-electron chi connectivity index (χ0n) is 10.5. The molecule has 0 atom stereocenters. The van der Waals surface area contributed by atoms with Gasteiger partial charge >= 0.3 is 6.03 Å². The molecule has 4 rings (SSSR count). The van der Waals surface area contributed by atoms with E-state index in [0.29, 0.717) is 17.9 Å². The van der Waals surface area contributed by atoms with E-state index in [-0.39, 0.29) is 11.2 Å². The molecule has 1 spiro atoms. The molecular formula is C13H12N4O3. The summed E-state index contributed by atoms with van der Waals surface area (Å²) in [4.78, 5) is 22.6. The first kappa shape index (κ1) is 11.3. The number of nitrogens with zero attached hydrogens (tertiary/aromatic N) is 2. The maximum absolute atomic E-state index is 11.3. The van der Waals surface area contributed by atoms with E-state index in [1.165, 1.54) is 0 Å². The number of fused-ring (bicyclic) bond motifs is 4. The number of hydrogen-bond donors (Lipinski definition) is 2. The van der Waals surface area contributed by atoms with Gasteiger partial charge in [-0.05, 0) is 18.9 Å². The van der Waals surface area contributed by atoms with E-state index in [2.05, 4.69) is 5.10 Å². The van der Waals surface area contributed by atoms with Gasteiger partial charge in [-0.2, -0.15) is 9.78 Å². The van der Waals surface area contributed by atoms with Crippen LogP contribution in [0.2, 0.25) is 0 Å². The number of carbonyl (C=O) groups is 2. The van der Waals surface area contributed by atoms with Crippen molar-refractivity contribution in [3.05, 3.63) is 29.3 Å². The zero-order valence-corrected chi connectivity index (χ0v) is 10.5. The summed E-state index contributed by atoms with van der Waals surface area (Å²) in [5.41, 5.74) is 12.9. The number of nitrogens with two attached hydrogens (primary N) is 2. The van der Waals surface area contributed by atoms with Crippen LogP contribution in [0.4, 0.5) is 4.79 Å². The van der Waals surface area contributed by atoms with E-state index in [0.717, 1.165) is 28.7 Å². The van der Waals surface area contributed by atoms with Gasteiger partial charge in [0.05, 0.1) is 0 Å². The van der Waals surface area contributed by atoms with Crippen LogP contribution in [-0.2, 0) is 11.8 Å². The fourth-order valence-electron chi connectivity index (χ4n) is 2.96. The third-order valence-electron chi connectivity index (χ3n) is 4.17. The second-order valence-electron chi connectivity index (χ2n) is 5.44. The molecule has 20 heavy (non-hydrogen) atoms. The standard InChI is InChI=1S/C13H12N4O3/c14-11(18)8-3-6-9(20-8)4-13(1-2-13)7-5-17(12(15)19)16-10(6)7/h3,5H,1-2,4H2,(H2,14,18)(H2,15,19). The maximum atomic E-state index is 11.3. The molecule has 2 aromatic heterocycles. The van der Waals surface area contributed by atoms with E-state index < -0.39 is 11.9 Å². The Bertz CT molecular complexity index is 767. The molecular weight excluding hydrogens is 260 g/mol. The van der Waals surface area contributed by atoms with Gasteiger partial charge in [0.2, 0.25) is 0 Å². The Hall–Kier alpha value is -2.57. The summed E-state index contributed by atoms with van der Waals surface area (Å²) < 4.78 is 6.67. The van der Waals surface area contributed by atoms with Crippen LogP contribution in [-0.4, -0.2) is 21.7 Å². The fraction of sp³-hybridized carbons (Fsp3) is 0.308. The van der Waals surface area contributed by atoms with Crippen molar-refractivity contribution in [3.8, 4) is 11.3 Å². The average molecular weight is 272 g/mol. The van der Waals surface area contributed by atoms with E-state index in [1.54, 1.807) is 12.3 Å². The highest BCUT2D eigenvalue weighted by molar-refractivity contribution is 5.92. The van der Waals surface area contributed by atoms with Gasteiger partial charge in [-0.25, -0.2) is 4.79 Å². The molecule has 1 saturated carbocycles. The highest BCUT2D eigenvalue weighted by Gasteiger charge is 2.51. The van der Waals surface area contributed by atoms with Gasteiger partial charge in [0, 0.05) is 29.2 Å². The molecule has 7 heteroatoms. The van der Waals surface area contributed by atoms with Gasteiger partial charge in [-0.15, -0.1) is 0 Å². The summed E-state index contributed by atoms with van der Waals surface area (Å²) in [5, 5.41) is 4.23. The summed E-state index contributed by atoms with van der Waals surface area (Å²) >= 11 is 0. The molecule has 2 heterocycles. The highest BCUT2D eigenvalue weighted by Crippen LogP contribution is 2.57. The topological polar surface area (TPSA) is 117 Å². The Morgan fingerprint density at radius 1 is 1.35 bits per heavy atom. The summed E-state index contributed by atoms with van der Waals surface area (Å²) in [5.74, 6) is 0.214. The van der Waals surface area contributed by atoms with Crippen LogP contribution in [0.5, 0.6) is 0 Å². The summed E-state index contributed by atoms with van der Waals surface area (Å²) in [6.45, 7) is 0. The molecule has 1 fully saturated rings. The van der Waals surface area contributed by atoms with Crippen LogP contribution < -0.4 is 11.5 Å². The molecule has 2 aliphatic carbocycles. The Balaban J connectivity index is 1.95. The van der Waals surface area contributed by atoms with Crippen LogP contribution in [0.15, 0.2) is 16.7 Å². The van der Waals surface area contributed by atoms with Crippen molar-refractivity contribution >= 4 is 11.9 Å². The number of primary amides is 2. The lowest BCUT2D eigenvalue weighted by atomic mass is 9.84. The van der Waals surface area contributed by atoms with Crippen molar-refractivity contribution < 1.29 is 14.0 Å². The summed E-state index contributed by atoms with van der Waals surface area (Å²) in [6, 6.07) is 0.958. The second-order valence-corrected chi connectivity index (χ2v) is 5.44. The first-order valence-corrected chi connectivity index (χ1v) is 6.33. The van der Waals surface area contributed by atoms with Crippen LogP contribution in [0.1, 0.15) is 34.7 Å². The van der Waals surface area contributed by atoms with Crippen LogP contribution in [0.25, 0.3) is 11.3 Å². The largest absolute Gasteiger partial charge is 0.455 e. The minimum absolute atomic E-state index is 0.0250. The number of rotatable bonds is 1. The van der Waals surface area contributed by atoms with Gasteiger partial charge in [-0.1, -0.05) is 0 Å². The molecule has 102 valence electrons. The quantitative estimate of drug-likeness (QED) is 0.796. The van der Waals surface area contributed by atoms with Gasteiger partial charge < -0.3 is 15.9 Å². The SMILES string of the molecule is NC(=O)c1cc2c(o1)CC1(CC1)c1cn(C(N)=O)nc1-2. The lowest BCUT2D eigenvalue weighted by Crippen LogP contribution is -2.19. The number of aromatic nitrogens is 2. The number of furan rings is 1. The van der Waals surface area contributed by atoms with Gasteiger partial charge in [0.15, 0.2) is 5.76 Å². The lowest BCUT2D eigenvalue weighted by molar-refractivity contribution is 0.0972. The van der Waals surface area contributed by atoms with E-state index in [4.69, 9.17) is 15.9 Å². The van der Waals surface area contributed by atoms with E-state index in [9.17, 15) is 9.59 Å². The Kier molecular flexibility index (Phi) is 1.86. The van der Waals surface area contributed by atoms with Crippen molar-refractivity contribution in [2.24, 2.45) is 11.5 Å². The molecule has 0 aromatic carbocycles. The smallest absolute Gasteiger partial charge is 0.339 e. The molecule has 0 saturated heterocycles. The Morgan fingerprint density at radius 3 is 2.70 bits per heavy atom. The third kappa shape index (κ3) is 1.31. The number of amides is 2. The van der Waals surface area contributed by atoms with Crippen LogP contribution in [0, 0.1) is 0 Å². The third-order valence-corrected chi connectivity index (χ3v) is 4.17. The first-order valence-electron chi connectivity index (χ1n) is 6.33. The van der Waals surface area contributed by atoms with Crippen molar-refractivity contribution in [3.63, 3.8) is 0 Å². The minimum Gasteiger partial charge on any atom is -0.455 e. The molecule has 7 nitrogen and oxygen atoms in total. The lowest BCUT2D eigenvalue weighted by Gasteiger charge is -2.19. The minimum atomic E-state index is -0.629. The predicted molar refractivity (Wildman–Crippen MR) is 68.0 cm³/mol. The van der Waals surface area contributed by atoms with Crippen LogP contribution in [0.3, 0.4) is 0 Å². The van der Waals surface area contributed by atoms with Crippen LogP contribution >= 0.6 is 0 Å². The van der Waals surface area contributed by atoms with Gasteiger partial charge in [-0.3, -0.25) is 4.79 Å². The molecule has 2 amide bonds. The number of hydrogen-bond acceptors (Lipinski definition) is 4. The first-order chi connectivity index (χ1) is 9.50. The fourth-order valence-corrected chi connectivity index (χ4v) is 2.96. The molecule has 2 aliphatic rings. The monoisotopic (exact) mass is 272 g/mol. The zero-order chi connectivity index (χ0) is 14.1. The molecule has 0 unspecified atom stereocenters. The van der Waals surface area contributed by atoms with Gasteiger partial charge in [0.1, 0.15) is 11.5 Å². The van der Waals surface area contributed by atoms with Crippen molar-refractivity contribution in [2.75, 3.05) is 0 Å². The van der Waals surface area contributed by atoms with Crippen molar-refractivity contribution in [1.29, 1.82) is 0 Å². The van der Waals surface area contributed by atoms with Gasteiger partial charge in [0.25, 0.3) is 5.91 Å². The Morgan fingerprint density at radius 2 is 2.10 bits per heavy atom. The van der Waals surface area contributed by atoms with E-state index >= 15 is 0 Å². The Labute approximate surface area is 113 Å². The highest BCUT2D eigenvalue weighted by atomic mass is 16.4. The van der Waals surface area contributed by atoms with Crippen molar-refractivity contribution in [1.82, 2.24) is 9.78 Å².